The minimum atomic E-state index is -0.534. The van der Waals surface area contributed by atoms with Crippen LogP contribution in [0.25, 0.3) is 0 Å². The van der Waals surface area contributed by atoms with Crippen molar-refractivity contribution in [3.05, 3.63) is 53.3 Å². The van der Waals surface area contributed by atoms with E-state index in [9.17, 15) is 9.90 Å². The van der Waals surface area contributed by atoms with Crippen LogP contribution in [0, 0.1) is 12.3 Å². The number of carbonyl (C=O) groups is 1. The monoisotopic (exact) mass is 414 g/mol. The normalized spacial score (nSPS) is 18.2. The Bertz CT molecular complexity index is 816. The summed E-state index contributed by atoms with van der Waals surface area (Å²) in [7, 11) is 1.89. The van der Waals surface area contributed by atoms with Crippen LogP contribution in [0.1, 0.15) is 58.6 Å². The Labute approximate surface area is 181 Å². The Hall–Kier alpha value is -2.27. The lowest BCUT2D eigenvalue weighted by Crippen LogP contribution is -2.41. The summed E-state index contributed by atoms with van der Waals surface area (Å²) in [5.41, 5.74) is 8.56. The maximum absolute atomic E-state index is 11.7. The molecular weight excluding hydrogens is 376 g/mol. The van der Waals surface area contributed by atoms with Crippen LogP contribution in [0.2, 0.25) is 0 Å². The molecule has 1 heterocycles. The molecule has 30 heavy (non-hydrogen) atoms. The van der Waals surface area contributed by atoms with E-state index in [1.165, 1.54) is 11.1 Å². The summed E-state index contributed by atoms with van der Waals surface area (Å²) in [6, 6.07) is 5.89. The van der Waals surface area contributed by atoms with E-state index in [0.717, 1.165) is 24.2 Å². The van der Waals surface area contributed by atoms with Crippen molar-refractivity contribution in [1.29, 1.82) is 0 Å². The molecule has 0 saturated heterocycles. The minimum Gasteiger partial charge on any atom is -0.491 e. The SMILES string of the molecule is CCC(CC)(C1=CN(C)C(C(N)=O)C=C1)c1ccc(OCC(O)C(C)(C)C)c(C)c1. The van der Waals surface area contributed by atoms with E-state index in [1.54, 1.807) is 0 Å². The molecule has 1 aromatic carbocycles. The quantitative estimate of drug-likeness (QED) is 0.672. The summed E-state index contributed by atoms with van der Waals surface area (Å²) in [6.45, 7) is 12.7. The molecule has 3 N–H and O–H groups in total. The molecule has 5 nitrogen and oxygen atoms in total. The van der Waals surface area contributed by atoms with Gasteiger partial charge in [0.1, 0.15) is 18.4 Å². The summed E-state index contributed by atoms with van der Waals surface area (Å²) < 4.78 is 5.92. The van der Waals surface area contributed by atoms with Gasteiger partial charge in [-0.05, 0) is 47.9 Å². The number of allylic oxidation sites excluding steroid dienone is 2. The van der Waals surface area contributed by atoms with Crippen molar-refractivity contribution in [2.75, 3.05) is 13.7 Å². The second-order valence-corrected chi connectivity index (χ2v) is 9.42. The molecule has 0 aliphatic carbocycles. The number of benzene rings is 1. The third-order valence-electron chi connectivity index (χ3n) is 6.41. The number of aliphatic hydroxyl groups is 1. The van der Waals surface area contributed by atoms with Gasteiger partial charge in [0.15, 0.2) is 0 Å². The average Bonchev–Trinajstić information content (AvgIpc) is 2.67. The molecule has 0 spiro atoms. The molecule has 2 atom stereocenters. The summed E-state index contributed by atoms with van der Waals surface area (Å²) in [5, 5.41) is 10.3. The van der Waals surface area contributed by atoms with Gasteiger partial charge in [0.2, 0.25) is 5.91 Å². The van der Waals surface area contributed by atoms with Crippen LogP contribution in [0.15, 0.2) is 42.1 Å². The third-order valence-corrected chi connectivity index (χ3v) is 6.41. The zero-order chi connectivity index (χ0) is 22.7. The predicted octanol–water partition coefficient (Wildman–Crippen LogP) is 4.08. The van der Waals surface area contributed by atoms with Gasteiger partial charge in [-0.1, -0.05) is 58.9 Å². The zero-order valence-electron chi connectivity index (χ0n) is 19.5. The van der Waals surface area contributed by atoms with E-state index in [-0.39, 0.29) is 23.3 Å². The zero-order valence-corrected chi connectivity index (χ0v) is 19.5. The Kier molecular flexibility index (Phi) is 7.40. The number of nitrogens with zero attached hydrogens (tertiary/aromatic N) is 1. The second-order valence-electron chi connectivity index (χ2n) is 9.42. The van der Waals surface area contributed by atoms with Crippen LogP contribution >= 0.6 is 0 Å². The molecule has 1 aromatic rings. The van der Waals surface area contributed by atoms with Crippen molar-refractivity contribution in [1.82, 2.24) is 4.90 Å². The van der Waals surface area contributed by atoms with E-state index in [2.05, 4.69) is 26.0 Å². The first-order chi connectivity index (χ1) is 14.0. The Morgan fingerprint density at radius 2 is 1.90 bits per heavy atom. The van der Waals surface area contributed by atoms with Crippen LogP contribution < -0.4 is 10.5 Å². The molecular formula is C25H38N2O3. The maximum atomic E-state index is 11.7. The van der Waals surface area contributed by atoms with Gasteiger partial charge in [0.05, 0.1) is 6.10 Å². The second kappa shape index (κ2) is 9.25. The molecule has 1 aliphatic heterocycles. The summed E-state index contributed by atoms with van der Waals surface area (Å²) in [4.78, 5) is 13.5. The van der Waals surface area contributed by atoms with Gasteiger partial charge in [0.25, 0.3) is 0 Å². The molecule has 2 unspecified atom stereocenters. The Balaban J connectivity index is 2.33. The lowest BCUT2D eigenvalue weighted by Gasteiger charge is -2.38. The van der Waals surface area contributed by atoms with Crippen LogP contribution in [0.3, 0.4) is 0 Å². The standard InChI is InChI=1S/C25H38N2O3/c1-8-25(9-2,19-10-12-20(23(26)29)27(7)15-19)18-11-13-21(17(3)14-18)30-16-22(28)24(4,5)6/h10-15,20,22,28H,8-9,16H2,1-7H3,(H2,26,29). The van der Waals surface area contributed by atoms with Crippen molar-refractivity contribution >= 4 is 5.91 Å². The first-order valence-corrected chi connectivity index (χ1v) is 10.8. The van der Waals surface area contributed by atoms with Gasteiger partial charge in [-0.3, -0.25) is 4.79 Å². The number of ether oxygens (including phenoxy) is 1. The molecule has 5 heteroatoms. The fraction of sp³-hybridized carbons (Fsp3) is 0.560. The summed E-state index contributed by atoms with van der Waals surface area (Å²) in [6.07, 6.45) is 7.29. The molecule has 1 aliphatic rings. The number of hydrogen-bond acceptors (Lipinski definition) is 4. The third kappa shape index (κ3) is 4.89. The highest BCUT2D eigenvalue weighted by Gasteiger charge is 2.34. The van der Waals surface area contributed by atoms with Gasteiger partial charge in [-0.2, -0.15) is 0 Å². The first-order valence-electron chi connectivity index (χ1n) is 10.8. The van der Waals surface area contributed by atoms with Gasteiger partial charge in [0, 0.05) is 18.7 Å². The molecule has 0 fully saturated rings. The van der Waals surface area contributed by atoms with E-state index < -0.39 is 12.1 Å². The number of nitrogens with two attached hydrogens (primary N) is 1. The molecule has 0 aromatic heterocycles. The number of aryl methyl sites for hydroxylation is 1. The van der Waals surface area contributed by atoms with Gasteiger partial charge < -0.3 is 20.5 Å². The highest BCUT2D eigenvalue weighted by molar-refractivity contribution is 5.82. The number of amides is 1. The lowest BCUT2D eigenvalue weighted by atomic mass is 9.69. The largest absolute Gasteiger partial charge is 0.491 e. The number of hydrogen-bond donors (Lipinski definition) is 2. The lowest BCUT2D eigenvalue weighted by molar-refractivity contribution is -0.120. The van der Waals surface area contributed by atoms with Crippen molar-refractivity contribution in [2.45, 2.75) is 71.9 Å². The van der Waals surface area contributed by atoms with Gasteiger partial charge in [-0.15, -0.1) is 0 Å². The molecule has 2 rings (SSSR count). The highest BCUT2D eigenvalue weighted by atomic mass is 16.5. The van der Waals surface area contributed by atoms with E-state index >= 15 is 0 Å². The average molecular weight is 415 g/mol. The van der Waals surface area contributed by atoms with Crippen molar-refractivity contribution in [3.8, 4) is 5.75 Å². The highest BCUT2D eigenvalue weighted by Crippen LogP contribution is 2.42. The number of carbonyl (C=O) groups excluding carboxylic acids is 1. The van der Waals surface area contributed by atoms with Gasteiger partial charge in [-0.25, -0.2) is 0 Å². The van der Waals surface area contributed by atoms with Crippen molar-refractivity contribution in [3.63, 3.8) is 0 Å². The fourth-order valence-electron chi connectivity index (χ4n) is 4.01. The maximum Gasteiger partial charge on any atom is 0.244 e. The van der Waals surface area contributed by atoms with E-state index in [0.29, 0.717) is 0 Å². The number of rotatable bonds is 8. The predicted molar refractivity (Wildman–Crippen MR) is 122 cm³/mol. The number of aliphatic hydroxyl groups excluding tert-OH is 1. The van der Waals surface area contributed by atoms with Crippen LogP contribution in [0.4, 0.5) is 0 Å². The molecule has 0 saturated carbocycles. The topological polar surface area (TPSA) is 75.8 Å². The van der Waals surface area contributed by atoms with E-state index in [1.807, 2.05) is 64.1 Å². The summed E-state index contributed by atoms with van der Waals surface area (Å²) >= 11 is 0. The fourth-order valence-corrected chi connectivity index (χ4v) is 4.01. The molecule has 166 valence electrons. The number of likely N-dealkylation sites (N-methyl/N-ethyl adjacent to an activating group) is 1. The van der Waals surface area contributed by atoms with Gasteiger partial charge >= 0.3 is 0 Å². The first kappa shape index (κ1) is 24.0. The van der Waals surface area contributed by atoms with Crippen LogP contribution in [-0.4, -0.2) is 41.7 Å². The van der Waals surface area contributed by atoms with Crippen LogP contribution in [-0.2, 0) is 10.2 Å². The number of primary amides is 1. The molecule has 0 bridgehead atoms. The van der Waals surface area contributed by atoms with E-state index in [4.69, 9.17) is 10.5 Å². The Morgan fingerprint density at radius 1 is 1.27 bits per heavy atom. The molecule has 1 amide bonds. The van der Waals surface area contributed by atoms with Crippen LogP contribution in [0.5, 0.6) is 5.75 Å². The minimum absolute atomic E-state index is 0.165. The smallest absolute Gasteiger partial charge is 0.244 e. The summed E-state index contributed by atoms with van der Waals surface area (Å²) in [5.74, 6) is 0.444. The molecule has 0 radical (unpaired) electrons. The van der Waals surface area contributed by atoms with Crippen molar-refractivity contribution < 1.29 is 14.6 Å². The van der Waals surface area contributed by atoms with Crippen molar-refractivity contribution in [2.24, 2.45) is 11.1 Å². The Morgan fingerprint density at radius 3 is 2.37 bits per heavy atom.